The summed E-state index contributed by atoms with van der Waals surface area (Å²) in [5.74, 6) is 0. The average molecular weight is 314 g/mol. The first kappa shape index (κ1) is 15.2. The molecule has 4 heteroatoms. The molecule has 1 aromatic rings. The maximum absolute atomic E-state index is 9.55. The molecule has 3 nitrogen and oxygen atoms in total. The smallest absolute Gasteiger partial charge is 0.0762 e. The molecule has 0 spiro atoms. The molecule has 1 aromatic carbocycles. The predicted octanol–water partition coefficient (Wildman–Crippen LogP) is 3.14. The van der Waals surface area contributed by atoms with Crippen molar-refractivity contribution in [3.05, 3.63) is 40.9 Å². The van der Waals surface area contributed by atoms with Crippen LogP contribution in [-0.2, 0) is 4.74 Å². The van der Waals surface area contributed by atoms with E-state index >= 15 is 0 Å². The number of rotatable bonds is 7. The summed E-state index contributed by atoms with van der Waals surface area (Å²) in [6.45, 7) is 7.76. The van der Waals surface area contributed by atoms with Gasteiger partial charge >= 0.3 is 0 Å². The van der Waals surface area contributed by atoms with E-state index in [9.17, 15) is 5.11 Å². The molecule has 0 heterocycles. The van der Waals surface area contributed by atoms with Crippen LogP contribution in [0, 0.1) is 0 Å². The highest BCUT2D eigenvalue weighted by Crippen LogP contribution is 2.29. The summed E-state index contributed by atoms with van der Waals surface area (Å²) in [5, 5.41) is 9.55. The Labute approximate surface area is 117 Å². The second-order valence-corrected chi connectivity index (χ2v) is 4.97. The summed E-state index contributed by atoms with van der Waals surface area (Å²) in [7, 11) is 1.69. The van der Waals surface area contributed by atoms with Crippen molar-refractivity contribution in [2.75, 3.05) is 31.7 Å². The fourth-order valence-electron chi connectivity index (χ4n) is 1.71. The molecule has 1 N–H and O–H groups in total. The van der Waals surface area contributed by atoms with Crippen LogP contribution in [0.2, 0.25) is 0 Å². The molecule has 0 fully saturated rings. The van der Waals surface area contributed by atoms with Crippen LogP contribution in [0.1, 0.15) is 18.6 Å². The van der Waals surface area contributed by atoms with E-state index in [1.54, 1.807) is 14.0 Å². The summed E-state index contributed by atoms with van der Waals surface area (Å²) in [4.78, 5) is 2.17. The summed E-state index contributed by atoms with van der Waals surface area (Å²) >= 11 is 3.55. The van der Waals surface area contributed by atoms with Crippen molar-refractivity contribution in [3.8, 4) is 0 Å². The van der Waals surface area contributed by atoms with Crippen molar-refractivity contribution in [2.45, 2.75) is 13.0 Å². The normalized spacial score (nSPS) is 12.2. The van der Waals surface area contributed by atoms with E-state index in [0.29, 0.717) is 6.61 Å². The van der Waals surface area contributed by atoms with Crippen LogP contribution in [0.3, 0.4) is 0 Å². The number of nitrogens with zero attached hydrogens (tertiary/aromatic N) is 1. The Balaban J connectivity index is 2.93. The highest BCUT2D eigenvalue weighted by atomic mass is 79.9. The Bertz CT molecular complexity index is 393. The van der Waals surface area contributed by atoms with Crippen LogP contribution in [0.15, 0.2) is 35.3 Å². The summed E-state index contributed by atoms with van der Waals surface area (Å²) in [6.07, 6.45) is 1.41. The zero-order valence-electron chi connectivity index (χ0n) is 10.9. The number of aliphatic hydroxyl groups excluding tert-OH is 1. The van der Waals surface area contributed by atoms with Gasteiger partial charge in [-0.1, -0.05) is 12.1 Å². The highest BCUT2D eigenvalue weighted by Gasteiger charge is 2.10. The van der Waals surface area contributed by atoms with E-state index < -0.39 is 6.10 Å². The topological polar surface area (TPSA) is 32.7 Å². The van der Waals surface area contributed by atoms with E-state index in [0.717, 1.165) is 28.8 Å². The molecule has 0 saturated carbocycles. The minimum absolute atomic E-state index is 0.456. The Hall–Kier alpha value is -0.840. The molecular formula is C14H20BrNO2. The molecule has 0 amide bonds. The number of benzene rings is 1. The van der Waals surface area contributed by atoms with Gasteiger partial charge in [-0.05, 0) is 40.5 Å². The minimum Gasteiger partial charge on any atom is -0.389 e. The Morgan fingerprint density at radius 3 is 2.78 bits per heavy atom. The molecule has 0 bridgehead atoms. The van der Waals surface area contributed by atoms with Gasteiger partial charge in [0.05, 0.1) is 18.4 Å². The first-order valence-corrected chi connectivity index (χ1v) is 6.71. The molecule has 0 aliphatic rings. The van der Waals surface area contributed by atoms with E-state index in [4.69, 9.17) is 4.74 Å². The van der Waals surface area contributed by atoms with E-state index in [1.807, 2.05) is 24.3 Å². The lowest BCUT2D eigenvalue weighted by atomic mass is 10.1. The van der Waals surface area contributed by atoms with Crippen LogP contribution < -0.4 is 4.90 Å². The minimum atomic E-state index is -0.456. The molecule has 1 rings (SSSR count). The van der Waals surface area contributed by atoms with Gasteiger partial charge in [-0.2, -0.15) is 0 Å². The second-order valence-electron chi connectivity index (χ2n) is 4.11. The van der Waals surface area contributed by atoms with Crippen molar-refractivity contribution in [1.29, 1.82) is 0 Å². The first-order valence-electron chi connectivity index (χ1n) is 5.92. The number of halogens is 1. The van der Waals surface area contributed by atoms with Gasteiger partial charge in [-0.15, -0.1) is 6.58 Å². The monoisotopic (exact) mass is 313 g/mol. The van der Waals surface area contributed by atoms with Crippen molar-refractivity contribution in [3.63, 3.8) is 0 Å². The number of methoxy groups -OCH3 is 1. The third-order valence-corrected chi connectivity index (χ3v) is 3.34. The van der Waals surface area contributed by atoms with Gasteiger partial charge in [0, 0.05) is 24.7 Å². The third kappa shape index (κ3) is 4.12. The summed E-state index contributed by atoms with van der Waals surface area (Å²) in [5.41, 5.74) is 1.98. The second kappa shape index (κ2) is 7.56. The lowest BCUT2D eigenvalue weighted by Gasteiger charge is -2.24. The van der Waals surface area contributed by atoms with Gasteiger partial charge in [0.1, 0.15) is 0 Å². The van der Waals surface area contributed by atoms with E-state index in [-0.39, 0.29) is 0 Å². The number of anilines is 1. The van der Waals surface area contributed by atoms with E-state index in [2.05, 4.69) is 27.4 Å². The highest BCUT2D eigenvalue weighted by molar-refractivity contribution is 9.10. The van der Waals surface area contributed by atoms with Crippen molar-refractivity contribution in [1.82, 2.24) is 0 Å². The van der Waals surface area contributed by atoms with Gasteiger partial charge in [0.2, 0.25) is 0 Å². The van der Waals surface area contributed by atoms with Gasteiger partial charge in [0.15, 0.2) is 0 Å². The van der Waals surface area contributed by atoms with Gasteiger partial charge in [-0.25, -0.2) is 0 Å². The van der Waals surface area contributed by atoms with Crippen molar-refractivity contribution < 1.29 is 9.84 Å². The summed E-state index contributed by atoms with van der Waals surface area (Å²) in [6, 6.07) is 5.89. The Kier molecular flexibility index (Phi) is 6.39. The molecule has 0 aliphatic heterocycles. The van der Waals surface area contributed by atoms with Gasteiger partial charge in [0.25, 0.3) is 0 Å². The van der Waals surface area contributed by atoms with Crippen molar-refractivity contribution >= 4 is 21.6 Å². The number of aliphatic hydroxyl groups is 1. The first-order chi connectivity index (χ1) is 8.60. The van der Waals surface area contributed by atoms with Crippen LogP contribution in [0.4, 0.5) is 5.69 Å². The fourth-order valence-corrected chi connectivity index (χ4v) is 2.35. The SMILES string of the molecule is C=CCN(CCOC)c1ccc([C@@H](C)O)cc1Br. The maximum atomic E-state index is 9.55. The average Bonchev–Trinajstić information content (AvgIpc) is 2.34. The Morgan fingerprint density at radius 2 is 2.28 bits per heavy atom. The number of ether oxygens (including phenoxy) is 1. The summed E-state index contributed by atoms with van der Waals surface area (Å²) < 4.78 is 6.08. The lowest BCUT2D eigenvalue weighted by Crippen LogP contribution is -2.27. The quantitative estimate of drug-likeness (QED) is 0.785. The maximum Gasteiger partial charge on any atom is 0.0762 e. The number of hydrogen-bond donors (Lipinski definition) is 1. The zero-order valence-corrected chi connectivity index (χ0v) is 12.5. The molecular weight excluding hydrogens is 294 g/mol. The van der Waals surface area contributed by atoms with E-state index in [1.165, 1.54) is 0 Å². The fraction of sp³-hybridized carbons (Fsp3) is 0.429. The van der Waals surface area contributed by atoms with Gasteiger partial charge in [-0.3, -0.25) is 0 Å². The zero-order chi connectivity index (χ0) is 13.5. The molecule has 0 saturated heterocycles. The molecule has 18 heavy (non-hydrogen) atoms. The van der Waals surface area contributed by atoms with Crippen LogP contribution in [0.25, 0.3) is 0 Å². The lowest BCUT2D eigenvalue weighted by molar-refractivity contribution is 0.199. The molecule has 100 valence electrons. The van der Waals surface area contributed by atoms with Crippen LogP contribution >= 0.6 is 15.9 Å². The Morgan fingerprint density at radius 1 is 1.56 bits per heavy atom. The largest absolute Gasteiger partial charge is 0.389 e. The molecule has 0 aromatic heterocycles. The molecule has 0 radical (unpaired) electrons. The van der Waals surface area contributed by atoms with Crippen LogP contribution in [-0.4, -0.2) is 31.9 Å². The molecule has 1 atom stereocenters. The standard InChI is InChI=1S/C14H20BrNO2/c1-4-7-16(8-9-18-3)14-6-5-12(11(2)17)10-13(14)15/h4-6,10-11,17H,1,7-9H2,2-3H3/t11-/m1/s1. The number of hydrogen-bond acceptors (Lipinski definition) is 3. The predicted molar refractivity (Wildman–Crippen MR) is 79.1 cm³/mol. The molecule has 0 aliphatic carbocycles. The van der Waals surface area contributed by atoms with Crippen molar-refractivity contribution in [2.24, 2.45) is 0 Å². The molecule has 0 unspecified atom stereocenters. The van der Waals surface area contributed by atoms with Gasteiger partial charge < -0.3 is 14.7 Å². The van der Waals surface area contributed by atoms with Crippen LogP contribution in [0.5, 0.6) is 0 Å². The third-order valence-electron chi connectivity index (χ3n) is 2.71.